The second kappa shape index (κ2) is 15.1. The van der Waals surface area contributed by atoms with E-state index in [4.69, 9.17) is 14.2 Å². The summed E-state index contributed by atoms with van der Waals surface area (Å²) in [4.78, 5) is 0. The van der Waals surface area contributed by atoms with Crippen molar-refractivity contribution in [1.82, 2.24) is 0 Å². The third kappa shape index (κ3) is 9.23. The molecule has 0 spiro atoms. The van der Waals surface area contributed by atoms with Crippen LogP contribution in [0.4, 0.5) is 0 Å². The number of hydrogen-bond donors (Lipinski definition) is 0. The van der Waals surface area contributed by atoms with E-state index in [-0.39, 0.29) is 5.92 Å². The van der Waals surface area contributed by atoms with Gasteiger partial charge in [-0.15, -0.1) is 0 Å². The van der Waals surface area contributed by atoms with Crippen molar-refractivity contribution in [3.63, 3.8) is 0 Å². The SMILES string of the molecule is CCCCCCCCC(Cc1ccccc1)C(OC)(OCC)OCCCC. The Hall–Kier alpha value is -0.900. The molecule has 0 aliphatic heterocycles. The minimum absolute atomic E-state index is 0.188. The van der Waals surface area contributed by atoms with E-state index in [2.05, 4.69) is 44.2 Å². The molecule has 3 nitrogen and oxygen atoms in total. The van der Waals surface area contributed by atoms with Crippen LogP contribution in [0.3, 0.4) is 0 Å². The highest BCUT2D eigenvalue weighted by Crippen LogP contribution is 2.33. The van der Waals surface area contributed by atoms with Gasteiger partial charge in [0.05, 0.1) is 6.61 Å². The Morgan fingerprint density at radius 3 is 2.11 bits per heavy atom. The van der Waals surface area contributed by atoms with E-state index in [1.807, 2.05) is 6.92 Å². The van der Waals surface area contributed by atoms with Gasteiger partial charge >= 0.3 is 0 Å². The van der Waals surface area contributed by atoms with Gasteiger partial charge in [-0.1, -0.05) is 89.1 Å². The van der Waals surface area contributed by atoms with E-state index in [1.165, 1.54) is 44.1 Å². The summed E-state index contributed by atoms with van der Waals surface area (Å²) in [7, 11) is 1.72. The highest BCUT2D eigenvalue weighted by Gasteiger charge is 2.41. The maximum atomic E-state index is 6.25. The van der Waals surface area contributed by atoms with Gasteiger partial charge in [0.2, 0.25) is 0 Å². The van der Waals surface area contributed by atoms with Crippen LogP contribution in [-0.4, -0.2) is 26.3 Å². The zero-order valence-corrected chi connectivity index (χ0v) is 18.2. The van der Waals surface area contributed by atoms with Gasteiger partial charge in [0.15, 0.2) is 0 Å². The first-order valence-corrected chi connectivity index (χ1v) is 11.1. The molecule has 2 unspecified atom stereocenters. The van der Waals surface area contributed by atoms with Gasteiger partial charge in [-0.05, 0) is 31.7 Å². The Balaban J connectivity index is 2.82. The van der Waals surface area contributed by atoms with Gasteiger partial charge in [-0.2, -0.15) is 0 Å². The first kappa shape index (κ1) is 24.1. The summed E-state index contributed by atoms with van der Waals surface area (Å²) < 4.78 is 18.3. The second-order valence-electron chi connectivity index (χ2n) is 7.39. The summed E-state index contributed by atoms with van der Waals surface area (Å²) >= 11 is 0. The predicted molar refractivity (Wildman–Crippen MR) is 114 cm³/mol. The average molecular weight is 379 g/mol. The van der Waals surface area contributed by atoms with Gasteiger partial charge in [0.25, 0.3) is 5.97 Å². The van der Waals surface area contributed by atoms with Crippen LogP contribution in [-0.2, 0) is 20.6 Å². The first-order chi connectivity index (χ1) is 13.2. The fraction of sp³-hybridized carbons (Fsp3) is 0.750. The zero-order chi connectivity index (χ0) is 19.8. The van der Waals surface area contributed by atoms with Crippen molar-refractivity contribution in [3.8, 4) is 0 Å². The van der Waals surface area contributed by atoms with Crippen molar-refractivity contribution in [3.05, 3.63) is 35.9 Å². The molecule has 0 N–H and O–H groups in total. The number of benzene rings is 1. The quantitative estimate of drug-likeness (QED) is 0.222. The Labute approximate surface area is 167 Å². The molecule has 1 rings (SSSR count). The van der Waals surface area contributed by atoms with E-state index in [1.54, 1.807) is 7.11 Å². The average Bonchev–Trinajstić information content (AvgIpc) is 2.70. The van der Waals surface area contributed by atoms with Crippen LogP contribution in [0.1, 0.15) is 84.1 Å². The molecule has 156 valence electrons. The third-order valence-corrected chi connectivity index (χ3v) is 5.16. The molecular formula is C24H42O3. The second-order valence-corrected chi connectivity index (χ2v) is 7.39. The molecule has 0 saturated heterocycles. The van der Waals surface area contributed by atoms with Crippen molar-refractivity contribution >= 4 is 0 Å². The summed E-state index contributed by atoms with van der Waals surface area (Å²) in [5, 5.41) is 0. The molecule has 2 atom stereocenters. The predicted octanol–water partition coefficient (Wildman–Crippen LogP) is 6.75. The van der Waals surface area contributed by atoms with Crippen LogP contribution in [0.25, 0.3) is 0 Å². The standard InChI is InChI=1S/C24H42O3/c1-5-8-10-11-12-16-19-23(21-22-17-14-13-15-18-22)24(25-4,26-7-3)27-20-9-6-2/h13-15,17-18,23H,5-12,16,19-21H2,1-4H3. The van der Waals surface area contributed by atoms with Crippen LogP contribution in [0.15, 0.2) is 30.3 Å². The largest absolute Gasteiger partial charge is 0.331 e. The van der Waals surface area contributed by atoms with Crippen LogP contribution in [0.5, 0.6) is 0 Å². The number of unbranched alkanes of at least 4 members (excludes halogenated alkanes) is 6. The molecule has 0 bridgehead atoms. The number of hydrogen-bond acceptors (Lipinski definition) is 3. The van der Waals surface area contributed by atoms with Crippen LogP contribution >= 0.6 is 0 Å². The highest BCUT2D eigenvalue weighted by atomic mass is 16.9. The fourth-order valence-corrected chi connectivity index (χ4v) is 3.60. The Bertz CT molecular complexity index is 448. The lowest BCUT2D eigenvalue weighted by Gasteiger charge is -2.38. The first-order valence-electron chi connectivity index (χ1n) is 11.1. The fourth-order valence-electron chi connectivity index (χ4n) is 3.60. The number of rotatable bonds is 17. The summed E-state index contributed by atoms with van der Waals surface area (Å²) in [6, 6.07) is 10.6. The zero-order valence-electron chi connectivity index (χ0n) is 18.2. The molecule has 0 heterocycles. The molecule has 0 fully saturated rings. The molecule has 0 aliphatic rings. The minimum atomic E-state index is -0.941. The van der Waals surface area contributed by atoms with Crippen molar-refractivity contribution in [2.75, 3.05) is 20.3 Å². The maximum Gasteiger partial charge on any atom is 0.285 e. The molecule has 0 saturated carbocycles. The van der Waals surface area contributed by atoms with Gasteiger partial charge in [0, 0.05) is 19.6 Å². The van der Waals surface area contributed by atoms with E-state index in [0.717, 1.165) is 25.7 Å². The lowest BCUT2D eigenvalue weighted by atomic mass is 9.91. The smallest absolute Gasteiger partial charge is 0.285 e. The Morgan fingerprint density at radius 1 is 0.815 bits per heavy atom. The van der Waals surface area contributed by atoms with E-state index < -0.39 is 5.97 Å². The van der Waals surface area contributed by atoms with Crippen LogP contribution < -0.4 is 0 Å². The molecule has 0 aliphatic carbocycles. The monoisotopic (exact) mass is 378 g/mol. The Kier molecular flexibility index (Phi) is 13.5. The summed E-state index contributed by atoms with van der Waals surface area (Å²) in [6.07, 6.45) is 11.8. The highest BCUT2D eigenvalue weighted by molar-refractivity contribution is 5.15. The van der Waals surface area contributed by atoms with E-state index in [9.17, 15) is 0 Å². The molecule has 0 amide bonds. The van der Waals surface area contributed by atoms with Crippen molar-refractivity contribution in [2.24, 2.45) is 5.92 Å². The van der Waals surface area contributed by atoms with Gasteiger partial charge < -0.3 is 14.2 Å². The molecule has 0 radical (unpaired) electrons. The maximum absolute atomic E-state index is 6.25. The lowest BCUT2D eigenvalue weighted by molar-refractivity contribution is -0.396. The number of ether oxygens (including phenoxy) is 3. The molecule has 27 heavy (non-hydrogen) atoms. The minimum Gasteiger partial charge on any atom is -0.331 e. The summed E-state index contributed by atoms with van der Waals surface area (Å²) in [6.45, 7) is 7.71. The van der Waals surface area contributed by atoms with Crippen molar-refractivity contribution in [1.29, 1.82) is 0 Å². The molecule has 3 heteroatoms. The topological polar surface area (TPSA) is 27.7 Å². The van der Waals surface area contributed by atoms with Gasteiger partial charge in [0.1, 0.15) is 0 Å². The van der Waals surface area contributed by atoms with Crippen LogP contribution in [0, 0.1) is 5.92 Å². The number of methoxy groups -OCH3 is 1. The van der Waals surface area contributed by atoms with E-state index in [0.29, 0.717) is 13.2 Å². The lowest BCUT2D eigenvalue weighted by Crippen LogP contribution is -2.47. The normalized spacial score (nSPS) is 14.8. The van der Waals surface area contributed by atoms with Crippen molar-refractivity contribution in [2.45, 2.75) is 91.0 Å². The molecule has 1 aromatic carbocycles. The van der Waals surface area contributed by atoms with Crippen molar-refractivity contribution < 1.29 is 14.2 Å². The third-order valence-electron chi connectivity index (χ3n) is 5.16. The molecular weight excluding hydrogens is 336 g/mol. The van der Waals surface area contributed by atoms with Gasteiger partial charge in [-0.3, -0.25) is 0 Å². The van der Waals surface area contributed by atoms with Crippen LogP contribution in [0.2, 0.25) is 0 Å². The molecule has 0 aromatic heterocycles. The summed E-state index contributed by atoms with van der Waals surface area (Å²) in [5.41, 5.74) is 1.31. The molecule has 1 aromatic rings. The Morgan fingerprint density at radius 2 is 1.48 bits per heavy atom. The van der Waals surface area contributed by atoms with Gasteiger partial charge in [-0.25, -0.2) is 0 Å². The van der Waals surface area contributed by atoms with E-state index >= 15 is 0 Å². The summed E-state index contributed by atoms with van der Waals surface area (Å²) in [5.74, 6) is -0.753.